The van der Waals surface area contributed by atoms with Crippen molar-refractivity contribution in [3.05, 3.63) is 59.8 Å². The van der Waals surface area contributed by atoms with Gasteiger partial charge < -0.3 is 10.5 Å². The molecule has 4 rings (SSSR count). The normalized spacial score (nSPS) is 11.1. The fraction of sp³-hybridized carbons (Fsp3) is 0.143. The van der Waals surface area contributed by atoms with Crippen LogP contribution in [0.25, 0.3) is 27.7 Å². The van der Waals surface area contributed by atoms with E-state index in [-0.39, 0.29) is 0 Å². The number of aryl methyl sites for hydroxylation is 2. The number of methoxy groups -OCH3 is 1. The molecule has 0 unspecified atom stereocenters. The highest BCUT2D eigenvalue weighted by Gasteiger charge is 2.17. The highest BCUT2D eigenvalue weighted by Crippen LogP contribution is 2.33. The first-order chi connectivity index (χ1) is 13.0. The molecule has 0 aliphatic rings. The van der Waals surface area contributed by atoms with Crippen molar-refractivity contribution in [2.24, 2.45) is 0 Å². The van der Waals surface area contributed by atoms with Gasteiger partial charge in [0, 0.05) is 22.3 Å². The van der Waals surface area contributed by atoms with E-state index in [4.69, 9.17) is 10.7 Å². The summed E-state index contributed by atoms with van der Waals surface area (Å²) >= 11 is 0. The maximum Gasteiger partial charge on any atom is 0.411 e. The van der Waals surface area contributed by atoms with Crippen LogP contribution in [0, 0.1) is 13.8 Å². The largest absolute Gasteiger partial charge is 0.453 e. The first-order valence-electron chi connectivity index (χ1n) is 8.62. The Kier molecular flexibility index (Phi) is 3.96. The molecule has 0 radical (unpaired) electrons. The molecule has 2 aromatic carbocycles. The zero-order valence-corrected chi connectivity index (χ0v) is 15.4. The molecule has 6 heteroatoms. The summed E-state index contributed by atoms with van der Waals surface area (Å²) in [6.07, 6.45) is -0.513. The lowest BCUT2D eigenvalue weighted by Crippen LogP contribution is -2.10. The van der Waals surface area contributed by atoms with E-state index in [0.717, 1.165) is 38.9 Å². The lowest BCUT2D eigenvalue weighted by atomic mass is 10.1. The molecule has 2 heterocycles. The third-order valence-electron chi connectivity index (χ3n) is 4.76. The number of fused-ring (bicyclic) bond motifs is 3. The van der Waals surface area contributed by atoms with Crippen molar-refractivity contribution < 1.29 is 9.53 Å². The number of ether oxygens (including phenoxy) is 1. The summed E-state index contributed by atoms with van der Waals surface area (Å²) in [5.41, 5.74) is 11.8. The number of nitrogens with zero attached hydrogens (tertiary/aromatic N) is 2. The molecule has 0 saturated heterocycles. The Bertz CT molecular complexity index is 1190. The van der Waals surface area contributed by atoms with Crippen molar-refractivity contribution in [2.45, 2.75) is 13.8 Å². The van der Waals surface area contributed by atoms with Gasteiger partial charge in [-0.1, -0.05) is 30.3 Å². The Morgan fingerprint density at radius 1 is 1.15 bits per heavy atom. The van der Waals surface area contributed by atoms with E-state index in [1.165, 1.54) is 7.11 Å². The Morgan fingerprint density at radius 2 is 1.93 bits per heavy atom. The Balaban J connectivity index is 2.00. The van der Waals surface area contributed by atoms with Crippen LogP contribution in [0.15, 0.2) is 48.5 Å². The van der Waals surface area contributed by atoms with E-state index < -0.39 is 6.09 Å². The highest BCUT2D eigenvalue weighted by molar-refractivity contribution is 6.00. The van der Waals surface area contributed by atoms with E-state index in [2.05, 4.69) is 16.1 Å². The highest BCUT2D eigenvalue weighted by atomic mass is 16.5. The Hall–Kier alpha value is -3.54. The number of pyridine rings is 1. The monoisotopic (exact) mass is 360 g/mol. The van der Waals surface area contributed by atoms with Crippen molar-refractivity contribution >= 4 is 34.0 Å². The summed E-state index contributed by atoms with van der Waals surface area (Å²) in [7, 11) is 1.34. The van der Waals surface area contributed by atoms with Crippen LogP contribution in [0.2, 0.25) is 0 Å². The number of imidazole rings is 1. The van der Waals surface area contributed by atoms with E-state index in [9.17, 15) is 4.79 Å². The number of benzene rings is 2. The van der Waals surface area contributed by atoms with Crippen molar-refractivity contribution in [1.82, 2.24) is 9.38 Å². The number of hydrogen-bond acceptors (Lipinski definition) is 4. The maximum atomic E-state index is 11.5. The van der Waals surface area contributed by atoms with Crippen LogP contribution in [0.1, 0.15) is 11.3 Å². The molecule has 0 bridgehead atoms. The van der Waals surface area contributed by atoms with Gasteiger partial charge in [-0.25, -0.2) is 9.78 Å². The quantitative estimate of drug-likeness (QED) is 0.550. The van der Waals surface area contributed by atoms with E-state index >= 15 is 0 Å². The lowest BCUT2D eigenvalue weighted by molar-refractivity contribution is 0.187. The lowest BCUT2D eigenvalue weighted by Gasteiger charge is -2.09. The van der Waals surface area contributed by atoms with Crippen molar-refractivity contribution in [3.8, 4) is 11.3 Å². The van der Waals surface area contributed by atoms with Gasteiger partial charge in [-0.05, 0) is 43.0 Å². The molecular weight excluding hydrogens is 340 g/mol. The molecule has 0 spiro atoms. The number of carbonyl (C=O) groups excluding carboxylic acids is 1. The molecule has 3 N–H and O–H groups in total. The summed E-state index contributed by atoms with van der Waals surface area (Å²) in [5.74, 6) is 0.602. The van der Waals surface area contributed by atoms with Gasteiger partial charge in [0.05, 0.1) is 7.11 Å². The number of nitrogens with one attached hydrogen (secondary N) is 1. The second-order valence-electron chi connectivity index (χ2n) is 6.52. The van der Waals surface area contributed by atoms with Gasteiger partial charge >= 0.3 is 6.09 Å². The minimum absolute atomic E-state index is 0.513. The number of hydrogen-bond donors (Lipinski definition) is 2. The third-order valence-corrected chi connectivity index (χ3v) is 4.76. The number of amides is 1. The molecule has 4 aromatic rings. The van der Waals surface area contributed by atoms with Gasteiger partial charge in [-0.3, -0.25) is 9.72 Å². The number of anilines is 2. The van der Waals surface area contributed by atoms with Gasteiger partial charge in [0.1, 0.15) is 17.2 Å². The molecule has 6 nitrogen and oxygen atoms in total. The standard InChI is InChI=1S/C21H20N4O2/c1-12-6-4-5-7-16(12)18-19(22)25-13(2)10-14-8-9-15(23-21(26)27-3)11-17(14)20(25)24-18/h4-11H,22H2,1-3H3,(H,23,26). The minimum Gasteiger partial charge on any atom is -0.453 e. The van der Waals surface area contributed by atoms with Crippen molar-refractivity contribution in [1.29, 1.82) is 0 Å². The Labute approximate surface area is 156 Å². The summed E-state index contributed by atoms with van der Waals surface area (Å²) in [6, 6.07) is 15.8. The number of aromatic nitrogens is 2. The predicted octanol–water partition coefficient (Wildman–Crippen LogP) is 4.53. The summed E-state index contributed by atoms with van der Waals surface area (Å²) < 4.78 is 6.63. The number of rotatable bonds is 2. The molecule has 27 heavy (non-hydrogen) atoms. The zero-order chi connectivity index (χ0) is 19.1. The number of nitrogens with two attached hydrogens (primary N) is 1. The number of carbonyl (C=O) groups is 1. The predicted molar refractivity (Wildman–Crippen MR) is 108 cm³/mol. The van der Waals surface area contributed by atoms with Crippen LogP contribution in [0.3, 0.4) is 0 Å². The van der Waals surface area contributed by atoms with Gasteiger partial charge in [0.15, 0.2) is 0 Å². The van der Waals surface area contributed by atoms with Crippen molar-refractivity contribution in [3.63, 3.8) is 0 Å². The first kappa shape index (κ1) is 16.9. The summed E-state index contributed by atoms with van der Waals surface area (Å²) in [6.45, 7) is 4.05. The van der Waals surface area contributed by atoms with Crippen LogP contribution >= 0.6 is 0 Å². The molecule has 0 atom stereocenters. The summed E-state index contributed by atoms with van der Waals surface area (Å²) in [4.78, 5) is 16.4. The Morgan fingerprint density at radius 3 is 2.67 bits per heavy atom. The van der Waals surface area contributed by atoms with E-state index in [1.807, 2.05) is 60.7 Å². The van der Waals surface area contributed by atoms with Crippen LogP contribution in [0.4, 0.5) is 16.3 Å². The first-order valence-corrected chi connectivity index (χ1v) is 8.62. The minimum atomic E-state index is -0.513. The maximum absolute atomic E-state index is 11.5. The SMILES string of the molecule is COC(=O)Nc1ccc2cc(C)n3c(N)c(-c4ccccc4C)nc3c2c1. The van der Waals surface area contributed by atoms with Gasteiger partial charge in [-0.15, -0.1) is 0 Å². The fourth-order valence-electron chi connectivity index (χ4n) is 3.42. The topological polar surface area (TPSA) is 81.6 Å². The van der Waals surface area contributed by atoms with Crippen LogP contribution < -0.4 is 11.1 Å². The smallest absolute Gasteiger partial charge is 0.411 e. The molecule has 2 aromatic heterocycles. The molecule has 0 fully saturated rings. The average molecular weight is 360 g/mol. The number of nitrogen functional groups attached to an aromatic ring is 1. The molecular formula is C21H20N4O2. The van der Waals surface area contributed by atoms with Gasteiger partial charge in [0.2, 0.25) is 0 Å². The third kappa shape index (κ3) is 2.75. The molecule has 0 saturated carbocycles. The second-order valence-corrected chi connectivity index (χ2v) is 6.52. The molecule has 136 valence electrons. The molecule has 0 aliphatic heterocycles. The van der Waals surface area contributed by atoms with Crippen LogP contribution in [0.5, 0.6) is 0 Å². The van der Waals surface area contributed by atoms with Gasteiger partial charge in [0.25, 0.3) is 0 Å². The van der Waals surface area contributed by atoms with Gasteiger partial charge in [-0.2, -0.15) is 0 Å². The van der Waals surface area contributed by atoms with E-state index in [1.54, 1.807) is 0 Å². The summed E-state index contributed by atoms with van der Waals surface area (Å²) in [5, 5.41) is 4.62. The molecule has 1 amide bonds. The van der Waals surface area contributed by atoms with Crippen LogP contribution in [-0.4, -0.2) is 22.6 Å². The van der Waals surface area contributed by atoms with Crippen molar-refractivity contribution in [2.75, 3.05) is 18.2 Å². The second kappa shape index (κ2) is 6.32. The van der Waals surface area contributed by atoms with E-state index in [0.29, 0.717) is 11.5 Å². The molecule has 0 aliphatic carbocycles. The van der Waals surface area contributed by atoms with Crippen LogP contribution in [-0.2, 0) is 4.74 Å². The zero-order valence-electron chi connectivity index (χ0n) is 15.4. The fourth-order valence-corrected chi connectivity index (χ4v) is 3.42. The average Bonchev–Trinajstić information content (AvgIpc) is 3.01.